The quantitative estimate of drug-likeness (QED) is 0.830. The molecule has 0 heterocycles. The molecule has 2 aromatic rings. The van der Waals surface area contributed by atoms with Crippen LogP contribution in [-0.2, 0) is 17.8 Å². The number of benzene rings is 2. The fourth-order valence-corrected chi connectivity index (χ4v) is 3.10. The highest BCUT2D eigenvalue weighted by atomic mass is 16.5. The second-order valence-electron chi connectivity index (χ2n) is 5.71. The van der Waals surface area contributed by atoms with Crippen molar-refractivity contribution in [1.82, 2.24) is 0 Å². The Balaban J connectivity index is 1.80. The molecule has 3 nitrogen and oxygen atoms in total. The van der Waals surface area contributed by atoms with Gasteiger partial charge in [-0.05, 0) is 53.7 Å². The minimum Gasteiger partial charge on any atom is -0.489 e. The summed E-state index contributed by atoms with van der Waals surface area (Å²) < 4.78 is 5.85. The van der Waals surface area contributed by atoms with Gasteiger partial charge in [-0.1, -0.05) is 43.3 Å². The third-order valence-electron chi connectivity index (χ3n) is 4.27. The fraction of sp³-hybridized carbons (Fsp3) is 0.250. The maximum Gasteiger partial charge on any atom is 0.331 e. The monoisotopic (exact) mass is 308 g/mol. The maximum atomic E-state index is 11.4. The summed E-state index contributed by atoms with van der Waals surface area (Å²) in [6, 6.07) is 16.0. The Bertz CT molecular complexity index is 745. The summed E-state index contributed by atoms with van der Waals surface area (Å²) >= 11 is 0. The predicted molar refractivity (Wildman–Crippen MR) is 90.4 cm³/mol. The molecule has 0 aliphatic heterocycles. The first-order valence-electron chi connectivity index (χ1n) is 7.94. The average molecular weight is 308 g/mol. The van der Waals surface area contributed by atoms with E-state index in [0.717, 1.165) is 35.3 Å². The number of carboxylic acids is 1. The van der Waals surface area contributed by atoms with Crippen LogP contribution in [0.2, 0.25) is 0 Å². The smallest absolute Gasteiger partial charge is 0.331 e. The van der Waals surface area contributed by atoms with E-state index in [0.29, 0.717) is 18.6 Å². The molecule has 23 heavy (non-hydrogen) atoms. The van der Waals surface area contributed by atoms with Gasteiger partial charge < -0.3 is 9.84 Å². The summed E-state index contributed by atoms with van der Waals surface area (Å²) in [6.07, 6.45) is 2.23. The van der Waals surface area contributed by atoms with Crippen molar-refractivity contribution in [3.63, 3.8) is 0 Å². The molecular weight excluding hydrogens is 288 g/mol. The van der Waals surface area contributed by atoms with Crippen molar-refractivity contribution in [1.29, 1.82) is 0 Å². The summed E-state index contributed by atoms with van der Waals surface area (Å²) in [5.74, 6) is 0.0296. The van der Waals surface area contributed by atoms with Gasteiger partial charge in [0.1, 0.15) is 12.4 Å². The highest BCUT2D eigenvalue weighted by Crippen LogP contribution is 2.37. The fourth-order valence-electron chi connectivity index (χ4n) is 3.10. The highest BCUT2D eigenvalue weighted by Gasteiger charge is 2.22. The van der Waals surface area contributed by atoms with Gasteiger partial charge in [-0.3, -0.25) is 0 Å². The van der Waals surface area contributed by atoms with E-state index >= 15 is 0 Å². The first-order valence-corrected chi connectivity index (χ1v) is 7.94. The molecule has 118 valence electrons. The lowest BCUT2D eigenvalue weighted by Gasteiger charge is -2.10. The normalized spacial score (nSPS) is 15.2. The van der Waals surface area contributed by atoms with Crippen LogP contribution in [0.4, 0.5) is 0 Å². The van der Waals surface area contributed by atoms with E-state index in [-0.39, 0.29) is 0 Å². The lowest BCUT2D eigenvalue weighted by molar-refractivity contribution is -0.132. The number of aryl methyl sites for hydroxylation is 1. The van der Waals surface area contributed by atoms with Crippen LogP contribution < -0.4 is 4.74 Å². The van der Waals surface area contributed by atoms with Crippen LogP contribution in [0.25, 0.3) is 5.57 Å². The number of allylic oxidation sites excluding steroid dienone is 1. The number of hydrogen-bond acceptors (Lipinski definition) is 2. The summed E-state index contributed by atoms with van der Waals surface area (Å²) in [4.78, 5) is 11.4. The van der Waals surface area contributed by atoms with E-state index < -0.39 is 5.97 Å². The minimum atomic E-state index is -0.806. The number of aliphatic carboxylic acids is 1. The SMILES string of the molecule is CCC(C(=O)O)=C1CCc2cc(OCc3ccccc3)ccc21. The Morgan fingerprint density at radius 2 is 1.91 bits per heavy atom. The molecule has 0 amide bonds. The summed E-state index contributed by atoms with van der Waals surface area (Å²) in [5, 5.41) is 9.34. The summed E-state index contributed by atoms with van der Waals surface area (Å²) in [7, 11) is 0. The lowest BCUT2D eigenvalue weighted by Crippen LogP contribution is -2.02. The molecule has 3 rings (SSSR count). The van der Waals surface area contributed by atoms with Crippen LogP contribution >= 0.6 is 0 Å². The Hall–Kier alpha value is -2.55. The molecule has 0 atom stereocenters. The van der Waals surface area contributed by atoms with Gasteiger partial charge in [-0.25, -0.2) is 4.79 Å². The van der Waals surface area contributed by atoms with Crippen molar-refractivity contribution in [3.8, 4) is 5.75 Å². The standard InChI is InChI=1S/C20H20O3/c1-2-17(20(21)22)19-10-8-15-12-16(9-11-18(15)19)23-13-14-6-4-3-5-7-14/h3-7,9,11-12H,2,8,10,13H2,1H3,(H,21,22). The topological polar surface area (TPSA) is 46.5 Å². The van der Waals surface area contributed by atoms with Crippen molar-refractivity contribution in [3.05, 3.63) is 70.8 Å². The number of carboxylic acid groups (broad SMARTS) is 1. The van der Waals surface area contributed by atoms with E-state index in [4.69, 9.17) is 4.74 Å². The molecule has 0 saturated carbocycles. The zero-order chi connectivity index (χ0) is 16.2. The number of carbonyl (C=O) groups is 1. The Labute approximate surface area is 136 Å². The molecule has 3 heteroatoms. The van der Waals surface area contributed by atoms with Gasteiger partial charge in [-0.2, -0.15) is 0 Å². The molecule has 1 N–H and O–H groups in total. The number of rotatable bonds is 5. The van der Waals surface area contributed by atoms with Crippen LogP contribution in [0.1, 0.15) is 36.5 Å². The zero-order valence-corrected chi connectivity index (χ0v) is 13.2. The van der Waals surface area contributed by atoms with Crippen molar-refractivity contribution >= 4 is 11.5 Å². The van der Waals surface area contributed by atoms with Crippen LogP contribution in [0.15, 0.2) is 54.1 Å². The molecule has 0 bridgehead atoms. The van der Waals surface area contributed by atoms with E-state index in [1.807, 2.05) is 55.5 Å². The van der Waals surface area contributed by atoms with Gasteiger partial charge in [0, 0.05) is 5.57 Å². The van der Waals surface area contributed by atoms with Crippen molar-refractivity contribution in [2.75, 3.05) is 0 Å². The molecule has 0 saturated heterocycles. The lowest BCUT2D eigenvalue weighted by atomic mass is 10.00. The molecule has 0 aromatic heterocycles. The number of hydrogen-bond donors (Lipinski definition) is 1. The summed E-state index contributed by atoms with van der Waals surface area (Å²) in [6.45, 7) is 2.43. The van der Waals surface area contributed by atoms with Gasteiger partial charge in [0.05, 0.1) is 0 Å². The molecule has 0 radical (unpaired) electrons. The Morgan fingerprint density at radius 3 is 2.61 bits per heavy atom. The van der Waals surface area contributed by atoms with E-state index in [1.165, 1.54) is 5.56 Å². The zero-order valence-electron chi connectivity index (χ0n) is 13.2. The van der Waals surface area contributed by atoms with Crippen LogP contribution in [0.5, 0.6) is 5.75 Å². The van der Waals surface area contributed by atoms with E-state index in [2.05, 4.69) is 0 Å². The van der Waals surface area contributed by atoms with Gasteiger partial charge in [0.25, 0.3) is 0 Å². The Kier molecular flexibility index (Phi) is 4.47. The molecular formula is C20H20O3. The molecule has 0 fully saturated rings. The molecule has 1 aliphatic rings. The predicted octanol–water partition coefficient (Wildman–Crippen LogP) is 4.46. The Morgan fingerprint density at radius 1 is 1.13 bits per heavy atom. The minimum absolute atomic E-state index is 0.529. The highest BCUT2D eigenvalue weighted by molar-refractivity contribution is 5.97. The number of ether oxygens (including phenoxy) is 1. The van der Waals surface area contributed by atoms with Gasteiger partial charge >= 0.3 is 5.97 Å². The average Bonchev–Trinajstić information content (AvgIpc) is 2.97. The molecule has 1 aliphatic carbocycles. The molecule has 2 aromatic carbocycles. The molecule has 0 spiro atoms. The largest absolute Gasteiger partial charge is 0.489 e. The van der Waals surface area contributed by atoms with Crippen LogP contribution in [-0.4, -0.2) is 11.1 Å². The third kappa shape index (κ3) is 3.29. The second-order valence-corrected chi connectivity index (χ2v) is 5.71. The second kappa shape index (κ2) is 6.69. The molecule has 0 unspecified atom stereocenters. The third-order valence-corrected chi connectivity index (χ3v) is 4.27. The van der Waals surface area contributed by atoms with E-state index in [1.54, 1.807) is 0 Å². The van der Waals surface area contributed by atoms with Crippen LogP contribution in [0, 0.1) is 0 Å². The van der Waals surface area contributed by atoms with Crippen LogP contribution in [0.3, 0.4) is 0 Å². The number of fused-ring (bicyclic) bond motifs is 1. The van der Waals surface area contributed by atoms with Gasteiger partial charge in [0.15, 0.2) is 0 Å². The van der Waals surface area contributed by atoms with Gasteiger partial charge in [0.2, 0.25) is 0 Å². The first-order chi connectivity index (χ1) is 11.2. The summed E-state index contributed by atoms with van der Waals surface area (Å²) in [5.41, 5.74) is 4.88. The van der Waals surface area contributed by atoms with E-state index in [9.17, 15) is 9.90 Å². The van der Waals surface area contributed by atoms with Crippen molar-refractivity contribution in [2.45, 2.75) is 32.8 Å². The van der Waals surface area contributed by atoms with Crippen molar-refractivity contribution < 1.29 is 14.6 Å². The first kappa shape index (κ1) is 15.3. The van der Waals surface area contributed by atoms with Gasteiger partial charge in [-0.15, -0.1) is 0 Å². The van der Waals surface area contributed by atoms with Crippen molar-refractivity contribution in [2.24, 2.45) is 0 Å². The maximum absolute atomic E-state index is 11.4.